The average molecular weight is 801 g/mol. The summed E-state index contributed by atoms with van der Waals surface area (Å²) in [5.41, 5.74) is 10.1. The number of carbonyl (C=O) groups excluding carboxylic acids is 4. The molecule has 2 aromatic carbocycles. The first-order chi connectivity index (χ1) is 28.1. The molecule has 3 heterocycles. The van der Waals surface area contributed by atoms with Gasteiger partial charge in [0.25, 0.3) is 0 Å². The number of alkyl carbamates (subject to hydrolysis) is 1. The number of methoxy groups -OCH3 is 3. The fraction of sp³-hybridized carbons (Fsp3) is 0.429. The number of benzene rings is 2. The number of amides is 4. The summed E-state index contributed by atoms with van der Waals surface area (Å²) in [6.07, 6.45) is 7.39. The molecule has 0 bridgehead atoms. The molecule has 0 saturated carbocycles. The van der Waals surface area contributed by atoms with E-state index in [1.54, 1.807) is 6.92 Å². The predicted octanol–water partition coefficient (Wildman–Crippen LogP) is 4.85. The average Bonchev–Trinajstić information content (AvgIpc) is 4.05. The van der Waals surface area contributed by atoms with Crippen LogP contribution in [0.1, 0.15) is 81.2 Å². The van der Waals surface area contributed by atoms with Crippen LogP contribution in [0.25, 0.3) is 22.5 Å². The minimum Gasteiger partial charge on any atom is -0.453 e. The number of aryl methyl sites for hydroxylation is 1. The van der Waals surface area contributed by atoms with Crippen LogP contribution in [0.15, 0.2) is 60.9 Å². The highest BCUT2D eigenvalue weighted by molar-refractivity contribution is 5.86. The quantitative estimate of drug-likeness (QED) is 0.0751. The Morgan fingerprint density at radius 1 is 0.914 bits per heavy atom. The molecule has 4 aromatic rings. The predicted molar refractivity (Wildman–Crippen MR) is 219 cm³/mol. The second-order valence-electron chi connectivity index (χ2n) is 13.2. The number of hydrogen-bond acceptors (Lipinski definition) is 10. The molecule has 1 aliphatic heterocycles. The van der Waals surface area contributed by atoms with Gasteiger partial charge < -0.3 is 50.6 Å². The number of primary amides is 1. The van der Waals surface area contributed by atoms with Crippen LogP contribution < -0.4 is 16.4 Å². The summed E-state index contributed by atoms with van der Waals surface area (Å²) in [6, 6.07) is 15.3. The lowest BCUT2D eigenvalue weighted by Gasteiger charge is -2.23. The summed E-state index contributed by atoms with van der Waals surface area (Å²) in [5, 5.41) is 12.4. The number of nitrogens with one attached hydrogen (secondary N) is 4. The van der Waals surface area contributed by atoms with E-state index in [1.165, 1.54) is 21.3 Å². The van der Waals surface area contributed by atoms with Gasteiger partial charge in [-0.05, 0) is 74.4 Å². The first-order valence-electron chi connectivity index (χ1n) is 19.1. The highest BCUT2D eigenvalue weighted by atomic mass is 16.5. The molecule has 0 spiro atoms. The van der Waals surface area contributed by atoms with E-state index in [0.717, 1.165) is 97.5 Å². The number of nitrogens with zero attached hydrogens (tertiary/aromatic N) is 3. The number of aromatic nitrogens is 4. The van der Waals surface area contributed by atoms with Crippen LogP contribution in [0.4, 0.5) is 9.59 Å². The van der Waals surface area contributed by atoms with Crippen molar-refractivity contribution in [3.8, 4) is 34.4 Å². The van der Waals surface area contributed by atoms with E-state index in [9.17, 15) is 19.2 Å². The monoisotopic (exact) mass is 800 g/mol. The Bertz CT molecular complexity index is 1950. The molecule has 0 aliphatic carbocycles. The Morgan fingerprint density at radius 2 is 1.50 bits per heavy atom. The van der Waals surface area contributed by atoms with Crippen molar-refractivity contribution in [2.75, 3.05) is 41.5 Å². The molecule has 16 nitrogen and oxygen atoms in total. The maximum absolute atomic E-state index is 12.6. The number of likely N-dealkylation sites (tertiary alicyclic amines) is 1. The van der Waals surface area contributed by atoms with Gasteiger partial charge in [-0.2, -0.15) is 0 Å². The van der Waals surface area contributed by atoms with Crippen LogP contribution >= 0.6 is 0 Å². The van der Waals surface area contributed by atoms with Crippen molar-refractivity contribution in [1.29, 1.82) is 0 Å². The number of ether oxygens (including phenoxy) is 3. The van der Waals surface area contributed by atoms with E-state index >= 15 is 0 Å². The number of unbranched alkanes of at least 4 members (excludes halogenated alkanes) is 1. The first-order valence-corrected chi connectivity index (χ1v) is 19.1. The Labute approximate surface area is 339 Å². The van der Waals surface area contributed by atoms with Gasteiger partial charge in [0.2, 0.25) is 11.8 Å². The SMILES string of the molecule is CCCC(=O)N1CCCC1c1ncc(-c2ccc(C#Cc3ccc(-c4cnc(CCCCNC(=O)C(NC(=O)OC)C(C)OC)[nH]4)cc3)cc2)[nH]1.CO.COC(N)=O. The highest BCUT2D eigenvalue weighted by Gasteiger charge is 2.31. The minimum atomic E-state index is -0.847. The van der Waals surface area contributed by atoms with Gasteiger partial charge in [0, 0.05) is 51.3 Å². The Morgan fingerprint density at radius 3 is 2.05 bits per heavy atom. The second-order valence-corrected chi connectivity index (χ2v) is 13.2. The first kappa shape index (κ1) is 46.2. The van der Waals surface area contributed by atoms with Crippen molar-refractivity contribution in [3.63, 3.8) is 0 Å². The lowest BCUT2D eigenvalue weighted by Crippen LogP contribution is -2.53. The van der Waals surface area contributed by atoms with Crippen LogP contribution in [0.2, 0.25) is 0 Å². The molecule has 5 rings (SSSR count). The summed E-state index contributed by atoms with van der Waals surface area (Å²) >= 11 is 0. The molecule has 1 aliphatic rings. The van der Waals surface area contributed by atoms with Crippen LogP contribution in [0.3, 0.4) is 0 Å². The van der Waals surface area contributed by atoms with Crippen LogP contribution in [0.5, 0.6) is 0 Å². The number of rotatable bonds is 14. The van der Waals surface area contributed by atoms with Crippen molar-refractivity contribution < 1.29 is 38.5 Å². The minimum absolute atomic E-state index is 0.0208. The Hall–Kier alpha value is -6.18. The normalized spacial score (nSPS) is 13.9. The molecule has 3 unspecified atom stereocenters. The smallest absolute Gasteiger partial charge is 0.407 e. The number of imidazole rings is 2. The maximum atomic E-state index is 12.6. The van der Waals surface area contributed by atoms with Gasteiger partial charge >= 0.3 is 12.2 Å². The fourth-order valence-electron chi connectivity index (χ4n) is 6.06. The van der Waals surface area contributed by atoms with Gasteiger partial charge in [-0.25, -0.2) is 19.6 Å². The number of aliphatic hydroxyl groups excluding tert-OH is 1. The maximum Gasteiger partial charge on any atom is 0.407 e. The second kappa shape index (κ2) is 24.5. The Balaban J connectivity index is 0.00000119. The van der Waals surface area contributed by atoms with Gasteiger partial charge in [0.05, 0.1) is 50.1 Å². The number of H-pyrrole nitrogens is 2. The van der Waals surface area contributed by atoms with Crippen molar-refractivity contribution in [2.24, 2.45) is 5.73 Å². The van der Waals surface area contributed by atoms with Crippen molar-refractivity contribution in [3.05, 3.63) is 83.7 Å². The van der Waals surface area contributed by atoms with Crippen LogP contribution in [-0.2, 0) is 30.2 Å². The van der Waals surface area contributed by atoms with Gasteiger partial charge in [0.1, 0.15) is 17.7 Å². The topological polar surface area (TPSA) is 227 Å². The molecule has 1 fully saturated rings. The Kier molecular flexibility index (Phi) is 19.5. The number of hydrogen-bond donors (Lipinski definition) is 6. The number of carbonyl (C=O) groups is 4. The zero-order chi connectivity index (χ0) is 42.5. The van der Waals surface area contributed by atoms with Crippen LogP contribution in [0, 0.1) is 11.8 Å². The van der Waals surface area contributed by atoms with Crippen molar-refractivity contribution in [2.45, 2.75) is 77.0 Å². The highest BCUT2D eigenvalue weighted by Crippen LogP contribution is 2.32. The third kappa shape index (κ3) is 14.1. The van der Waals surface area contributed by atoms with E-state index in [4.69, 9.17) is 9.84 Å². The molecule has 58 heavy (non-hydrogen) atoms. The molecule has 0 radical (unpaired) electrons. The van der Waals surface area contributed by atoms with E-state index in [1.807, 2.05) is 72.7 Å². The third-order valence-electron chi connectivity index (χ3n) is 9.24. The molecule has 3 atom stereocenters. The van der Waals surface area contributed by atoms with Gasteiger partial charge in [0.15, 0.2) is 0 Å². The summed E-state index contributed by atoms with van der Waals surface area (Å²) in [4.78, 5) is 64.0. The fourth-order valence-corrected chi connectivity index (χ4v) is 6.06. The van der Waals surface area contributed by atoms with E-state index < -0.39 is 24.3 Å². The molecule has 7 N–H and O–H groups in total. The molecular weight excluding hydrogens is 745 g/mol. The van der Waals surface area contributed by atoms with Crippen molar-refractivity contribution in [1.82, 2.24) is 35.5 Å². The molecule has 1 saturated heterocycles. The molecule has 4 amide bonds. The van der Waals surface area contributed by atoms with Crippen LogP contribution in [-0.4, -0.2) is 108 Å². The van der Waals surface area contributed by atoms with Crippen molar-refractivity contribution >= 4 is 24.0 Å². The number of nitrogens with two attached hydrogens (primary N) is 1. The summed E-state index contributed by atoms with van der Waals surface area (Å²) in [7, 11) is 4.95. The summed E-state index contributed by atoms with van der Waals surface area (Å²) < 4.78 is 13.7. The summed E-state index contributed by atoms with van der Waals surface area (Å²) in [5.74, 6) is 8.10. The van der Waals surface area contributed by atoms with E-state index in [2.05, 4.69) is 57.6 Å². The summed E-state index contributed by atoms with van der Waals surface area (Å²) in [6.45, 7) is 5.00. The molecule has 2 aromatic heterocycles. The van der Waals surface area contributed by atoms with Gasteiger partial charge in [-0.3, -0.25) is 9.59 Å². The largest absolute Gasteiger partial charge is 0.453 e. The molecule has 16 heteroatoms. The lowest BCUT2D eigenvalue weighted by molar-refractivity contribution is -0.132. The van der Waals surface area contributed by atoms with Gasteiger partial charge in [-0.1, -0.05) is 43.0 Å². The zero-order valence-corrected chi connectivity index (χ0v) is 34.1. The molecular formula is C42H56N8O8. The number of aliphatic hydroxyl groups is 1. The van der Waals surface area contributed by atoms with E-state index in [0.29, 0.717) is 13.0 Å². The standard InChI is InChI=1S/C39H47N7O5.C2H5NO2.CH4O/c1-5-9-35(47)46-23-8-10-33(46)37-42-25-32(44-37)30-20-16-28(17-21-30)13-12-27-14-18-29(19-15-27)31-24-41-34(43-31)11-6-7-22-40-38(48)36(26(2)50-3)45-39(49)51-4;1-5-2(3)4;1-2/h14-21,24-26,33,36H,5-11,22-23H2,1-4H3,(H,40,48)(H,41,43)(H,42,44)(H,45,49);1H3,(H2,3,4);2H,1H3. The zero-order valence-electron chi connectivity index (χ0n) is 34.1. The molecule has 312 valence electrons. The van der Waals surface area contributed by atoms with E-state index in [-0.39, 0.29) is 17.9 Å². The number of aromatic amines is 2. The van der Waals surface area contributed by atoms with Gasteiger partial charge in [-0.15, -0.1) is 0 Å². The third-order valence-corrected chi connectivity index (χ3v) is 9.24. The lowest BCUT2D eigenvalue weighted by atomic mass is 10.1.